The predicted octanol–water partition coefficient (Wildman–Crippen LogP) is 6.06. The molecule has 0 amide bonds. The average Bonchev–Trinajstić information content (AvgIpc) is 2.91. The second-order valence-electron chi connectivity index (χ2n) is 9.07. The highest BCUT2D eigenvalue weighted by Crippen LogP contribution is 2.41. The van der Waals surface area contributed by atoms with Crippen LogP contribution in [0.3, 0.4) is 0 Å². The number of carboxylic acids is 1. The number of benzene rings is 3. The fraction of sp³-hybridized carbons (Fsp3) is 0.214. The van der Waals surface area contributed by atoms with Gasteiger partial charge in [0.1, 0.15) is 5.82 Å². The topological polar surface area (TPSA) is 96.8 Å². The zero-order chi connectivity index (χ0) is 28.6. The van der Waals surface area contributed by atoms with Crippen LogP contribution in [0.2, 0.25) is 0 Å². The van der Waals surface area contributed by atoms with Gasteiger partial charge in [-0.3, -0.25) is 0 Å². The summed E-state index contributed by atoms with van der Waals surface area (Å²) in [6.45, 7) is 2.41. The summed E-state index contributed by atoms with van der Waals surface area (Å²) in [6, 6.07) is 17.4. The normalized spacial score (nSPS) is 13.7. The van der Waals surface area contributed by atoms with Gasteiger partial charge in [0.05, 0.1) is 17.0 Å². The quantitative estimate of drug-likeness (QED) is 0.282. The Balaban J connectivity index is 1.82. The molecular weight excluding hydrogens is 533 g/mol. The van der Waals surface area contributed by atoms with E-state index in [1.807, 2.05) is 24.3 Å². The minimum atomic E-state index is -4.67. The van der Waals surface area contributed by atoms with Crippen molar-refractivity contribution >= 4 is 32.6 Å². The number of anilines is 1. The summed E-state index contributed by atoms with van der Waals surface area (Å²) >= 11 is 0. The predicted molar refractivity (Wildman–Crippen MR) is 140 cm³/mol. The number of sulfonamides is 1. The number of ether oxygens (including phenoxy) is 1. The van der Waals surface area contributed by atoms with E-state index in [1.165, 1.54) is 48.5 Å². The van der Waals surface area contributed by atoms with Crippen LogP contribution in [0.1, 0.15) is 34.0 Å². The van der Waals surface area contributed by atoms with E-state index in [2.05, 4.69) is 4.98 Å². The summed E-state index contributed by atoms with van der Waals surface area (Å²) in [5.74, 6) is -1.07. The Kier molecular flexibility index (Phi) is 7.42. The molecule has 4 aromatic rings. The number of halogens is 3. The molecule has 0 saturated heterocycles. The van der Waals surface area contributed by atoms with Gasteiger partial charge in [-0.1, -0.05) is 48.5 Å². The summed E-state index contributed by atoms with van der Waals surface area (Å²) in [7, 11) is -3.31. The Bertz CT molecular complexity index is 1620. The molecule has 1 atom stereocenters. The third kappa shape index (κ3) is 5.19. The van der Waals surface area contributed by atoms with Crippen LogP contribution in [-0.2, 0) is 26.9 Å². The number of carboxylic acid groups (broad SMARTS) is 1. The summed E-state index contributed by atoms with van der Waals surface area (Å²) in [6.07, 6.45) is -3.13. The first-order valence-electron chi connectivity index (χ1n) is 11.7. The number of aromatic nitrogens is 1. The van der Waals surface area contributed by atoms with Gasteiger partial charge in [-0.25, -0.2) is 22.5 Å². The van der Waals surface area contributed by atoms with Crippen LogP contribution in [0, 0.1) is 6.92 Å². The van der Waals surface area contributed by atoms with E-state index in [1.54, 1.807) is 13.1 Å². The van der Waals surface area contributed by atoms with E-state index in [0.29, 0.717) is 11.1 Å². The molecule has 11 heteroatoms. The lowest BCUT2D eigenvalue weighted by Crippen LogP contribution is -2.41. The Labute approximate surface area is 223 Å². The highest BCUT2D eigenvalue weighted by Gasteiger charge is 2.53. The number of hydrogen-bond acceptors (Lipinski definition) is 5. The van der Waals surface area contributed by atoms with Gasteiger partial charge in [0.15, 0.2) is 5.60 Å². The molecule has 39 heavy (non-hydrogen) atoms. The molecule has 0 radical (unpaired) electrons. The van der Waals surface area contributed by atoms with E-state index in [9.17, 15) is 31.5 Å². The molecule has 1 heterocycles. The van der Waals surface area contributed by atoms with Crippen molar-refractivity contribution in [2.45, 2.75) is 37.1 Å². The second-order valence-corrected chi connectivity index (χ2v) is 10.9. The first kappa shape index (κ1) is 28.1. The molecule has 4 rings (SSSR count). The number of alkyl halides is 3. The molecular formula is C28H25F3N2O5S. The number of aryl methyl sites for hydroxylation is 1. The Morgan fingerprint density at radius 3 is 2.18 bits per heavy atom. The van der Waals surface area contributed by atoms with Crippen LogP contribution in [0.15, 0.2) is 83.9 Å². The molecule has 204 valence electrons. The lowest BCUT2D eigenvalue weighted by atomic mass is 9.94. The monoisotopic (exact) mass is 558 g/mol. The molecule has 1 aromatic heterocycles. The number of pyridine rings is 1. The minimum absolute atomic E-state index is 0.0815. The summed E-state index contributed by atoms with van der Waals surface area (Å²) < 4.78 is 74.6. The van der Waals surface area contributed by atoms with Crippen LogP contribution < -0.4 is 4.31 Å². The van der Waals surface area contributed by atoms with Gasteiger partial charge in [-0.15, -0.1) is 0 Å². The summed E-state index contributed by atoms with van der Waals surface area (Å²) in [5.41, 5.74) is -1.78. The SMILES string of the molecule is COC(C)(c1ccc(CN(c2ncc3ccccc3c2C)S(=O)(=O)c2ccc(C(=O)O)cc2)cc1)C(F)(F)F. The molecule has 0 bridgehead atoms. The number of hydrogen-bond donors (Lipinski definition) is 1. The second kappa shape index (κ2) is 10.3. The largest absolute Gasteiger partial charge is 0.478 e. The third-order valence-electron chi connectivity index (χ3n) is 6.73. The molecule has 3 aromatic carbocycles. The van der Waals surface area contributed by atoms with Crippen molar-refractivity contribution in [3.63, 3.8) is 0 Å². The van der Waals surface area contributed by atoms with Crippen LogP contribution in [0.4, 0.5) is 19.0 Å². The van der Waals surface area contributed by atoms with E-state index in [4.69, 9.17) is 4.74 Å². The first-order valence-corrected chi connectivity index (χ1v) is 13.2. The van der Waals surface area contributed by atoms with Gasteiger partial charge in [0, 0.05) is 24.3 Å². The number of methoxy groups -OCH3 is 1. The number of aromatic carboxylic acids is 1. The zero-order valence-corrected chi connectivity index (χ0v) is 22.0. The maximum Gasteiger partial charge on any atom is 0.421 e. The maximum absolute atomic E-state index is 13.9. The molecule has 0 aliphatic carbocycles. The number of carbonyl (C=O) groups is 1. The van der Waals surface area contributed by atoms with Crippen LogP contribution >= 0.6 is 0 Å². The van der Waals surface area contributed by atoms with Crippen molar-refractivity contribution in [3.8, 4) is 0 Å². The minimum Gasteiger partial charge on any atom is -0.478 e. The first-order chi connectivity index (χ1) is 18.3. The van der Waals surface area contributed by atoms with Crippen LogP contribution in [-0.4, -0.2) is 37.8 Å². The fourth-order valence-electron chi connectivity index (χ4n) is 4.21. The molecule has 7 nitrogen and oxygen atoms in total. The molecule has 0 aliphatic heterocycles. The molecule has 0 aliphatic rings. The van der Waals surface area contributed by atoms with Gasteiger partial charge in [0.2, 0.25) is 0 Å². The Hall–Kier alpha value is -3.96. The van der Waals surface area contributed by atoms with Gasteiger partial charge in [0.25, 0.3) is 10.0 Å². The Morgan fingerprint density at radius 1 is 1.00 bits per heavy atom. The van der Waals surface area contributed by atoms with E-state index >= 15 is 0 Å². The maximum atomic E-state index is 13.9. The van der Waals surface area contributed by atoms with Crippen molar-refractivity contribution in [3.05, 3.63) is 101 Å². The molecule has 1 N–H and O–H groups in total. The van der Waals surface area contributed by atoms with Gasteiger partial charge in [-0.05, 0) is 54.6 Å². The van der Waals surface area contributed by atoms with Gasteiger partial charge >= 0.3 is 12.1 Å². The van der Waals surface area contributed by atoms with Crippen molar-refractivity contribution < 1.29 is 36.2 Å². The number of nitrogens with zero attached hydrogens (tertiary/aromatic N) is 2. The van der Waals surface area contributed by atoms with Crippen molar-refractivity contribution in [2.75, 3.05) is 11.4 Å². The Morgan fingerprint density at radius 2 is 1.62 bits per heavy atom. The molecule has 0 fully saturated rings. The van der Waals surface area contributed by atoms with E-state index in [0.717, 1.165) is 29.1 Å². The molecule has 0 spiro atoms. The third-order valence-corrected chi connectivity index (χ3v) is 8.48. The highest BCUT2D eigenvalue weighted by molar-refractivity contribution is 7.92. The summed E-state index contributed by atoms with van der Waals surface area (Å²) in [5, 5.41) is 10.8. The van der Waals surface area contributed by atoms with Crippen molar-refractivity contribution in [1.29, 1.82) is 0 Å². The van der Waals surface area contributed by atoms with E-state index in [-0.39, 0.29) is 28.4 Å². The molecule has 1 unspecified atom stereocenters. The zero-order valence-electron chi connectivity index (χ0n) is 21.2. The van der Waals surface area contributed by atoms with E-state index < -0.39 is 27.8 Å². The van der Waals surface area contributed by atoms with Crippen molar-refractivity contribution in [1.82, 2.24) is 4.98 Å². The lowest BCUT2D eigenvalue weighted by Gasteiger charge is -2.31. The average molecular weight is 559 g/mol. The highest BCUT2D eigenvalue weighted by atomic mass is 32.2. The van der Waals surface area contributed by atoms with Crippen LogP contribution in [0.25, 0.3) is 10.8 Å². The summed E-state index contributed by atoms with van der Waals surface area (Å²) in [4.78, 5) is 15.5. The smallest absolute Gasteiger partial charge is 0.421 e. The number of rotatable bonds is 8. The lowest BCUT2D eigenvalue weighted by molar-refractivity contribution is -0.269. The standard InChI is InChI=1S/C28H25F3N2O5S/c1-18-24-7-5-4-6-21(24)16-32-25(18)33(39(36,37)23-14-10-20(11-15-23)26(34)35)17-19-8-12-22(13-9-19)27(2,38-3)28(29,30)31/h4-16H,17H2,1-3H3,(H,34,35). The van der Waals surface area contributed by atoms with Crippen molar-refractivity contribution in [2.24, 2.45) is 0 Å². The number of fused-ring (bicyclic) bond motifs is 1. The fourth-order valence-corrected chi connectivity index (χ4v) is 5.68. The molecule has 0 saturated carbocycles. The van der Waals surface area contributed by atoms with Gasteiger partial charge < -0.3 is 9.84 Å². The van der Waals surface area contributed by atoms with Crippen LogP contribution in [0.5, 0.6) is 0 Å². The van der Waals surface area contributed by atoms with Gasteiger partial charge in [-0.2, -0.15) is 13.2 Å².